The first-order valence-corrected chi connectivity index (χ1v) is 11.1. The number of carboxylic acids is 6. The molecule has 12 nitrogen and oxygen atoms in total. The van der Waals surface area contributed by atoms with E-state index in [-0.39, 0.29) is 51.4 Å². The van der Waals surface area contributed by atoms with Crippen LogP contribution in [0.4, 0.5) is 0 Å². The van der Waals surface area contributed by atoms with Gasteiger partial charge in [0.05, 0.1) is 0 Å². The van der Waals surface area contributed by atoms with E-state index in [0.717, 1.165) is 0 Å². The van der Waals surface area contributed by atoms with E-state index in [9.17, 15) is 59.4 Å². The summed E-state index contributed by atoms with van der Waals surface area (Å²) in [6.45, 7) is 0. The molecule has 0 aromatic carbocycles. The summed E-state index contributed by atoms with van der Waals surface area (Å²) in [5.74, 6) is -7.14. The Hall–Kier alpha value is -3.70. The molecule has 0 atom stereocenters. The fraction of sp³-hybridized carbons (Fsp3) is 0.565. The van der Waals surface area contributed by atoms with Crippen LogP contribution in [0.1, 0.15) is 77.0 Å². The van der Waals surface area contributed by atoms with Crippen molar-refractivity contribution in [3.05, 3.63) is 22.3 Å². The largest absolute Gasteiger partial charge is 0.481 e. The third kappa shape index (κ3) is 8.87. The normalized spacial score (nSPS) is 14.7. The minimum absolute atomic E-state index is 0.113. The number of allylic oxidation sites excluding steroid dienone is 4. The SMILES string of the molecule is O=C(O)CCC1=C(CCC(=O)O)C(CCC(=O)O)(CCC(=O)O)C(CCC(=O)O)=C1CCC(=O)O. The van der Waals surface area contributed by atoms with Gasteiger partial charge in [-0.25, -0.2) is 0 Å². The smallest absolute Gasteiger partial charge is 0.303 e. The highest BCUT2D eigenvalue weighted by Gasteiger charge is 2.46. The van der Waals surface area contributed by atoms with Gasteiger partial charge in [-0.15, -0.1) is 0 Å². The van der Waals surface area contributed by atoms with E-state index < -0.39 is 66.9 Å². The molecule has 0 bridgehead atoms. The van der Waals surface area contributed by atoms with Crippen LogP contribution in [0.2, 0.25) is 0 Å². The first-order chi connectivity index (χ1) is 16.3. The molecule has 194 valence electrons. The Labute approximate surface area is 200 Å². The van der Waals surface area contributed by atoms with E-state index in [0.29, 0.717) is 22.3 Å². The maximum atomic E-state index is 11.5. The van der Waals surface area contributed by atoms with Gasteiger partial charge < -0.3 is 30.6 Å². The van der Waals surface area contributed by atoms with Crippen molar-refractivity contribution in [2.75, 3.05) is 0 Å². The number of hydrogen-bond donors (Lipinski definition) is 6. The van der Waals surface area contributed by atoms with E-state index in [4.69, 9.17) is 0 Å². The lowest BCUT2D eigenvalue weighted by Gasteiger charge is -2.36. The Morgan fingerprint density at radius 3 is 0.943 bits per heavy atom. The van der Waals surface area contributed by atoms with Gasteiger partial charge in [0, 0.05) is 43.9 Å². The standard InChI is InChI=1S/C23H30O12/c24-17(25)5-1-13-14(2-6-18(26)27)16(4-8-20(30)31)23(11-9-21(32)33,12-10-22(34)35)15(13)3-7-19(28)29/h1-12H2,(H,24,25)(H,26,27)(H,28,29)(H,30,31)(H,32,33)(H,34,35). The summed E-state index contributed by atoms with van der Waals surface area (Å²) in [5.41, 5.74) is 0.134. The molecular formula is C23H30O12. The average molecular weight is 498 g/mol. The highest BCUT2D eigenvalue weighted by atomic mass is 16.4. The molecule has 0 spiro atoms. The molecule has 12 heteroatoms. The van der Waals surface area contributed by atoms with Crippen molar-refractivity contribution in [2.45, 2.75) is 77.0 Å². The van der Waals surface area contributed by atoms with Crippen LogP contribution in [-0.2, 0) is 28.8 Å². The third-order valence-electron chi connectivity index (χ3n) is 6.13. The summed E-state index contributed by atoms with van der Waals surface area (Å²) >= 11 is 0. The maximum absolute atomic E-state index is 11.5. The quantitative estimate of drug-likeness (QED) is 0.160. The number of carboxylic acid groups (broad SMARTS) is 6. The van der Waals surface area contributed by atoms with Crippen LogP contribution in [0.25, 0.3) is 0 Å². The Morgan fingerprint density at radius 2 is 0.686 bits per heavy atom. The molecule has 6 N–H and O–H groups in total. The van der Waals surface area contributed by atoms with Gasteiger partial charge in [0.15, 0.2) is 0 Å². The number of hydrogen-bond acceptors (Lipinski definition) is 6. The Morgan fingerprint density at radius 1 is 0.429 bits per heavy atom. The van der Waals surface area contributed by atoms with Crippen molar-refractivity contribution >= 4 is 35.8 Å². The van der Waals surface area contributed by atoms with Gasteiger partial charge in [-0.1, -0.05) is 11.1 Å². The molecule has 0 amide bonds. The number of aliphatic carboxylic acids is 6. The highest BCUT2D eigenvalue weighted by Crippen LogP contribution is 2.57. The van der Waals surface area contributed by atoms with Crippen molar-refractivity contribution in [1.29, 1.82) is 0 Å². The summed E-state index contributed by atoms with van der Waals surface area (Å²) in [6.07, 6.45) is -3.30. The lowest BCUT2D eigenvalue weighted by atomic mass is 9.67. The molecule has 0 aromatic heterocycles. The molecule has 1 rings (SSSR count). The molecule has 0 saturated carbocycles. The van der Waals surface area contributed by atoms with Gasteiger partial charge in [0.2, 0.25) is 0 Å². The zero-order valence-corrected chi connectivity index (χ0v) is 19.1. The average Bonchev–Trinajstić information content (AvgIpc) is 2.98. The van der Waals surface area contributed by atoms with Gasteiger partial charge in [-0.3, -0.25) is 28.8 Å². The fourth-order valence-electron chi connectivity index (χ4n) is 4.80. The topological polar surface area (TPSA) is 224 Å². The van der Waals surface area contributed by atoms with Crippen LogP contribution >= 0.6 is 0 Å². The molecule has 1 aliphatic carbocycles. The van der Waals surface area contributed by atoms with Gasteiger partial charge in [0.25, 0.3) is 0 Å². The molecule has 0 fully saturated rings. The van der Waals surface area contributed by atoms with Crippen molar-refractivity contribution in [1.82, 2.24) is 0 Å². The van der Waals surface area contributed by atoms with Gasteiger partial charge in [-0.05, 0) is 49.7 Å². The third-order valence-corrected chi connectivity index (χ3v) is 6.13. The van der Waals surface area contributed by atoms with Crippen LogP contribution in [0.3, 0.4) is 0 Å². The first kappa shape index (κ1) is 29.3. The summed E-state index contributed by atoms with van der Waals surface area (Å²) < 4.78 is 0. The minimum Gasteiger partial charge on any atom is -0.481 e. The summed E-state index contributed by atoms with van der Waals surface area (Å²) in [6, 6.07) is 0. The summed E-state index contributed by atoms with van der Waals surface area (Å²) in [4.78, 5) is 68.4. The van der Waals surface area contributed by atoms with Crippen LogP contribution in [0.5, 0.6) is 0 Å². The second kappa shape index (κ2) is 13.3. The first-order valence-electron chi connectivity index (χ1n) is 11.1. The van der Waals surface area contributed by atoms with Crippen LogP contribution < -0.4 is 0 Å². The van der Waals surface area contributed by atoms with Crippen LogP contribution in [0.15, 0.2) is 22.3 Å². The predicted molar refractivity (Wildman–Crippen MR) is 118 cm³/mol. The van der Waals surface area contributed by atoms with E-state index >= 15 is 0 Å². The molecule has 0 unspecified atom stereocenters. The lowest BCUT2D eigenvalue weighted by molar-refractivity contribution is -0.139. The maximum Gasteiger partial charge on any atom is 0.303 e. The molecule has 0 radical (unpaired) electrons. The zero-order valence-electron chi connectivity index (χ0n) is 19.1. The minimum atomic E-state index is -1.33. The molecular weight excluding hydrogens is 468 g/mol. The number of carbonyl (C=O) groups is 6. The lowest BCUT2D eigenvalue weighted by Crippen LogP contribution is -2.28. The Bertz CT molecular complexity index is 864. The fourth-order valence-corrected chi connectivity index (χ4v) is 4.80. The molecule has 0 heterocycles. The second-order valence-corrected chi connectivity index (χ2v) is 8.36. The molecule has 1 aliphatic rings. The van der Waals surface area contributed by atoms with E-state index in [1.807, 2.05) is 0 Å². The predicted octanol–water partition coefficient (Wildman–Crippen LogP) is 2.77. The van der Waals surface area contributed by atoms with Crippen molar-refractivity contribution in [3.63, 3.8) is 0 Å². The van der Waals surface area contributed by atoms with Crippen LogP contribution in [-0.4, -0.2) is 66.5 Å². The highest BCUT2D eigenvalue weighted by molar-refractivity contribution is 5.73. The van der Waals surface area contributed by atoms with E-state index in [2.05, 4.69) is 0 Å². The van der Waals surface area contributed by atoms with Crippen LogP contribution in [0, 0.1) is 5.41 Å². The molecule has 35 heavy (non-hydrogen) atoms. The molecule has 0 aliphatic heterocycles. The van der Waals surface area contributed by atoms with E-state index in [1.54, 1.807) is 0 Å². The Kier molecular flexibility index (Phi) is 11.1. The van der Waals surface area contributed by atoms with Gasteiger partial charge >= 0.3 is 35.8 Å². The van der Waals surface area contributed by atoms with Crippen molar-refractivity contribution in [3.8, 4) is 0 Å². The Balaban J connectivity index is 3.88. The summed E-state index contributed by atoms with van der Waals surface area (Å²) in [5, 5.41) is 55.8. The van der Waals surface area contributed by atoms with Crippen molar-refractivity contribution < 1.29 is 59.4 Å². The number of rotatable bonds is 18. The second-order valence-electron chi connectivity index (χ2n) is 8.36. The monoisotopic (exact) mass is 498 g/mol. The summed E-state index contributed by atoms with van der Waals surface area (Å²) in [7, 11) is 0. The zero-order chi connectivity index (χ0) is 26.8. The van der Waals surface area contributed by atoms with Gasteiger partial charge in [0.1, 0.15) is 0 Å². The van der Waals surface area contributed by atoms with E-state index in [1.165, 1.54) is 0 Å². The molecule has 0 saturated heterocycles. The molecule has 0 aromatic rings. The van der Waals surface area contributed by atoms with Crippen molar-refractivity contribution in [2.24, 2.45) is 5.41 Å². The van der Waals surface area contributed by atoms with Gasteiger partial charge in [-0.2, -0.15) is 0 Å².